The summed E-state index contributed by atoms with van der Waals surface area (Å²) in [5.41, 5.74) is 2.07. The molecule has 2 aromatic carbocycles. The second kappa shape index (κ2) is 10.2. The van der Waals surface area contributed by atoms with Crippen LogP contribution in [0.3, 0.4) is 0 Å². The van der Waals surface area contributed by atoms with Gasteiger partial charge in [0.05, 0.1) is 49.8 Å². The highest BCUT2D eigenvalue weighted by Gasteiger charge is 2.33. The third-order valence-electron chi connectivity index (χ3n) is 5.63. The number of carbonyl (C=O) groups is 1. The minimum absolute atomic E-state index is 0.212. The number of hydrogen-bond donors (Lipinski definition) is 0. The smallest absolute Gasteiger partial charge is 0.338 e. The Morgan fingerprint density at radius 1 is 1.09 bits per heavy atom. The van der Waals surface area contributed by atoms with Crippen molar-refractivity contribution in [3.05, 3.63) is 84.5 Å². The molecule has 0 aliphatic carbocycles. The second-order valence-corrected chi connectivity index (χ2v) is 8.70. The van der Waals surface area contributed by atoms with E-state index in [1.165, 1.54) is 11.3 Å². The van der Waals surface area contributed by atoms with E-state index < -0.39 is 12.0 Å². The average Bonchev–Trinajstić information content (AvgIpc) is 3.17. The summed E-state index contributed by atoms with van der Waals surface area (Å²) in [6.07, 6.45) is 1.78. The van der Waals surface area contributed by atoms with Crippen molar-refractivity contribution in [2.45, 2.75) is 19.9 Å². The summed E-state index contributed by atoms with van der Waals surface area (Å²) in [4.78, 5) is 31.8. The van der Waals surface area contributed by atoms with Crippen LogP contribution in [0.2, 0.25) is 0 Å². The van der Waals surface area contributed by atoms with Gasteiger partial charge in [0.25, 0.3) is 5.56 Å². The third kappa shape index (κ3) is 4.59. The monoisotopic (exact) mass is 494 g/mol. The number of esters is 1. The van der Waals surface area contributed by atoms with E-state index >= 15 is 0 Å². The molecular formula is C26H26N2O6S. The van der Waals surface area contributed by atoms with Crippen LogP contribution in [0.25, 0.3) is 6.08 Å². The zero-order valence-corrected chi connectivity index (χ0v) is 21.0. The maximum Gasteiger partial charge on any atom is 0.338 e. The van der Waals surface area contributed by atoms with Gasteiger partial charge in [-0.3, -0.25) is 9.36 Å². The summed E-state index contributed by atoms with van der Waals surface area (Å²) in [5, 5.41) is 0. The second-order valence-electron chi connectivity index (χ2n) is 7.69. The Kier molecular flexibility index (Phi) is 7.07. The van der Waals surface area contributed by atoms with Crippen molar-refractivity contribution in [3.8, 4) is 17.2 Å². The third-order valence-corrected chi connectivity index (χ3v) is 6.61. The Hall–Kier alpha value is -3.85. The molecule has 0 fully saturated rings. The summed E-state index contributed by atoms with van der Waals surface area (Å²) in [6.45, 7) is 3.71. The van der Waals surface area contributed by atoms with Gasteiger partial charge in [-0.25, -0.2) is 9.79 Å². The average molecular weight is 495 g/mol. The molecule has 1 unspecified atom stereocenters. The molecule has 35 heavy (non-hydrogen) atoms. The fourth-order valence-electron chi connectivity index (χ4n) is 4.01. The molecule has 1 aromatic heterocycles. The zero-order chi connectivity index (χ0) is 25.1. The molecule has 0 saturated heterocycles. The molecule has 0 spiro atoms. The lowest BCUT2D eigenvalue weighted by atomic mass is 9.95. The highest BCUT2D eigenvalue weighted by atomic mass is 32.1. The van der Waals surface area contributed by atoms with Crippen LogP contribution >= 0.6 is 11.3 Å². The summed E-state index contributed by atoms with van der Waals surface area (Å²) < 4.78 is 23.4. The molecular weight excluding hydrogens is 468 g/mol. The van der Waals surface area contributed by atoms with Crippen LogP contribution < -0.4 is 29.1 Å². The van der Waals surface area contributed by atoms with Crippen molar-refractivity contribution in [1.82, 2.24) is 4.57 Å². The molecule has 4 rings (SSSR count). The van der Waals surface area contributed by atoms with Gasteiger partial charge < -0.3 is 18.9 Å². The Bertz CT molecular complexity index is 1480. The largest absolute Gasteiger partial charge is 0.497 e. The Balaban J connectivity index is 1.93. The van der Waals surface area contributed by atoms with Crippen LogP contribution in [-0.2, 0) is 9.53 Å². The molecule has 0 bridgehead atoms. The van der Waals surface area contributed by atoms with E-state index in [4.69, 9.17) is 18.9 Å². The van der Waals surface area contributed by atoms with Gasteiger partial charge in [0.15, 0.2) is 16.3 Å². The first-order valence-electron chi connectivity index (χ1n) is 11.0. The molecule has 9 heteroatoms. The molecule has 0 saturated carbocycles. The van der Waals surface area contributed by atoms with E-state index in [2.05, 4.69) is 4.99 Å². The molecule has 0 amide bonds. The lowest BCUT2D eigenvalue weighted by molar-refractivity contribution is -0.139. The first-order valence-corrected chi connectivity index (χ1v) is 11.8. The standard InChI is InChI=1S/C26H26N2O6S/c1-6-34-25(30)22-15(2)27-26-28(23(22)17-8-7-9-18(14-17)31-3)24(29)21(35-26)13-16-10-11-19(32-4)20(12-16)33-5/h7-14,23H,6H2,1-5H3. The van der Waals surface area contributed by atoms with Gasteiger partial charge >= 0.3 is 5.97 Å². The zero-order valence-electron chi connectivity index (χ0n) is 20.2. The van der Waals surface area contributed by atoms with Crippen LogP contribution in [0.15, 0.2) is 63.5 Å². The fourth-order valence-corrected chi connectivity index (χ4v) is 5.06. The minimum Gasteiger partial charge on any atom is -0.497 e. The lowest BCUT2D eigenvalue weighted by Gasteiger charge is -2.25. The molecule has 182 valence electrons. The van der Waals surface area contributed by atoms with Gasteiger partial charge in [0.2, 0.25) is 0 Å². The molecule has 0 radical (unpaired) electrons. The Morgan fingerprint density at radius 2 is 1.86 bits per heavy atom. The number of allylic oxidation sites excluding steroid dienone is 1. The maximum absolute atomic E-state index is 13.7. The number of rotatable bonds is 7. The molecule has 1 atom stereocenters. The van der Waals surface area contributed by atoms with Crippen LogP contribution in [0.5, 0.6) is 17.2 Å². The number of aromatic nitrogens is 1. The quantitative estimate of drug-likeness (QED) is 0.470. The molecule has 0 N–H and O–H groups in total. The minimum atomic E-state index is -0.701. The van der Waals surface area contributed by atoms with E-state index in [0.29, 0.717) is 37.9 Å². The number of nitrogens with zero attached hydrogens (tertiary/aromatic N) is 2. The van der Waals surface area contributed by atoms with Gasteiger partial charge in [-0.15, -0.1) is 0 Å². The highest BCUT2D eigenvalue weighted by Crippen LogP contribution is 2.32. The number of benzene rings is 2. The van der Waals surface area contributed by atoms with Crippen molar-refractivity contribution in [1.29, 1.82) is 0 Å². The number of ether oxygens (including phenoxy) is 4. The van der Waals surface area contributed by atoms with Crippen molar-refractivity contribution >= 4 is 23.4 Å². The van der Waals surface area contributed by atoms with Gasteiger partial charge in [-0.1, -0.05) is 29.5 Å². The molecule has 1 aliphatic heterocycles. The topological polar surface area (TPSA) is 88.4 Å². The van der Waals surface area contributed by atoms with Crippen LogP contribution in [0, 0.1) is 0 Å². The van der Waals surface area contributed by atoms with Crippen LogP contribution in [0.1, 0.15) is 31.0 Å². The summed E-state index contributed by atoms with van der Waals surface area (Å²) >= 11 is 1.26. The number of methoxy groups -OCH3 is 3. The first kappa shape index (κ1) is 24.3. The van der Waals surface area contributed by atoms with Crippen LogP contribution in [0.4, 0.5) is 0 Å². The highest BCUT2D eigenvalue weighted by molar-refractivity contribution is 7.07. The van der Waals surface area contributed by atoms with Crippen molar-refractivity contribution in [3.63, 3.8) is 0 Å². The normalized spacial score (nSPS) is 15.3. The lowest BCUT2D eigenvalue weighted by Crippen LogP contribution is -2.39. The number of thiazole rings is 1. The maximum atomic E-state index is 13.7. The van der Waals surface area contributed by atoms with Gasteiger partial charge in [0.1, 0.15) is 5.75 Å². The van der Waals surface area contributed by atoms with E-state index in [1.807, 2.05) is 30.3 Å². The van der Waals surface area contributed by atoms with E-state index in [0.717, 1.165) is 11.1 Å². The van der Waals surface area contributed by atoms with E-state index in [-0.39, 0.29) is 12.2 Å². The summed E-state index contributed by atoms with van der Waals surface area (Å²) in [5.74, 6) is 1.27. The Labute approximate surface area is 206 Å². The molecule has 2 heterocycles. The Morgan fingerprint density at radius 3 is 2.54 bits per heavy atom. The predicted octanol–water partition coefficient (Wildman–Crippen LogP) is 2.82. The molecule has 8 nitrogen and oxygen atoms in total. The molecule has 3 aromatic rings. The van der Waals surface area contributed by atoms with Gasteiger partial charge in [-0.05, 0) is 55.3 Å². The summed E-state index contributed by atoms with van der Waals surface area (Å²) in [7, 11) is 4.70. The summed E-state index contributed by atoms with van der Waals surface area (Å²) in [6, 6.07) is 12.0. The SMILES string of the molecule is CCOC(=O)C1=C(C)N=c2sc(=Cc3ccc(OC)c(OC)c3)c(=O)n2C1c1cccc(OC)c1. The van der Waals surface area contributed by atoms with E-state index in [9.17, 15) is 9.59 Å². The number of hydrogen-bond acceptors (Lipinski definition) is 8. The van der Waals surface area contributed by atoms with Gasteiger partial charge in [0, 0.05) is 0 Å². The van der Waals surface area contributed by atoms with E-state index in [1.54, 1.807) is 58.0 Å². The predicted molar refractivity (Wildman–Crippen MR) is 133 cm³/mol. The fraction of sp³-hybridized carbons (Fsp3) is 0.269. The van der Waals surface area contributed by atoms with Crippen molar-refractivity contribution in [2.24, 2.45) is 4.99 Å². The molecule has 1 aliphatic rings. The van der Waals surface area contributed by atoms with Gasteiger partial charge in [-0.2, -0.15) is 0 Å². The number of fused-ring (bicyclic) bond motifs is 1. The number of carbonyl (C=O) groups excluding carboxylic acids is 1. The first-order chi connectivity index (χ1) is 16.9. The van der Waals surface area contributed by atoms with Crippen LogP contribution in [-0.4, -0.2) is 38.5 Å². The van der Waals surface area contributed by atoms with Crippen molar-refractivity contribution < 1.29 is 23.7 Å². The van der Waals surface area contributed by atoms with Crippen molar-refractivity contribution in [2.75, 3.05) is 27.9 Å².